The van der Waals surface area contributed by atoms with Crippen LogP contribution in [0.4, 0.5) is 0 Å². The number of ether oxygens (including phenoxy) is 1. The molecule has 8 heteroatoms. The van der Waals surface area contributed by atoms with Gasteiger partial charge in [0.05, 0.1) is 12.4 Å². The predicted octanol–water partition coefficient (Wildman–Crippen LogP) is -0.577. The summed E-state index contributed by atoms with van der Waals surface area (Å²) in [5.74, 6) is -0.0223. The number of carbonyl (C=O) groups is 1. The molecule has 0 radical (unpaired) electrons. The van der Waals surface area contributed by atoms with Crippen molar-refractivity contribution in [1.82, 2.24) is 9.62 Å². The van der Waals surface area contributed by atoms with Gasteiger partial charge in [-0.1, -0.05) is 0 Å². The van der Waals surface area contributed by atoms with Gasteiger partial charge in [0, 0.05) is 25.7 Å². The highest BCUT2D eigenvalue weighted by atomic mass is 32.2. The maximum atomic E-state index is 12.6. The fourth-order valence-electron chi connectivity index (χ4n) is 3.00. The number of carbonyl (C=O) groups excluding carboxylic acids is 1. The Morgan fingerprint density at radius 2 is 2.10 bits per heavy atom. The molecule has 2 aliphatic rings. The van der Waals surface area contributed by atoms with Gasteiger partial charge in [0.25, 0.3) is 5.91 Å². The summed E-state index contributed by atoms with van der Waals surface area (Å²) in [7, 11) is -3.24. The predicted molar refractivity (Wildman–Crippen MR) is 79.1 cm³/mol. The van der Waals surface area contributed by atoms with Crippen molar-refractivity contribution < 1.29 is 17.9 Å². The van der Waals surface area contributed by atoms with Crippen molar-refractivity contribution in [2.45, 2.75) is 50.4 Å². The number of rotatable bonds is 5. The van der Waals surface area contributed by atoms with Gasteiger partial charge in [-0.3, -0.25) is 4.79 Å². The van der Waals surface area contributed by atoms with Crippen LogP contribution in [0.3, 0.4) is 0 Å². The summed E-state index contributed by atoms with van der Waals surface area (Å²) in [6, 6.07) is -0.0819. The van der Waals surface area contributed by atoms with Crippen molar-refractivity contribution in [1.29, 1.82) is 0 Å². The van der Waals surface area contributed by atoms with Crippen molar-refractivity contribution in [3.8, 4) is 0 Å². The van der Waals surface area contributed by atoms with Gasteiger partial charge < -0.3 is 15.4 Å². The summed E-state index contributed by atoms with van der Waals surface area (Å²) in [6.07, 6.45) is 4.98. The molecule has 122 valence electrons. The van der Waals surface area contributed by atoms with Crippen molar-refractivity contribution in [2.75, 3.05) is 25.9 Å². The van der Waals surface area contributed by atoms with E-state index >= 15 is 0 Å². The van der Waals surface area contributed by atoms with E-state index in [1.807, 2.05) is 0 Å². The average Bonchev–Trinajstić information content (AvgIpc) is 2.93. The van der Waals surface area contributed by atoms with E-state index in [1.54, 1.807) is 4.90 Å². The molecule has 0 aromatic rings. The van der Waals surface area contributed by atoms with E-state index in [-0.39, 0.29) is 24.6 Å². The molecule has 2 fully saturated rings. The molecule has 3 unspecified atom stereocenters. The Bertz CT molecular complexity index is 468. The van der Waals surface area contributed by atoms with Crippen molar-refractivity contribution in [3.63, 3.8) is 0 Å². The van der Waals surface area contributed by atoms with Gasteiger partial charge in [-0.25, -0.2) is 13.1 Å². The van der Waals surface area contributed by atoms with Crippen LogP contribution in [0.1, 0.15) is 32.1 Å². The second kappa shape index (κ2) is 7.04. The Labute approximate surface area is 126 Å². The maximum absolute atomic E-state index is 12.6. The van der Waals surface area contributed by atoms with E-state index in [1.165, 1.54) is 0 Å². The van der Waals surface area contributed by atoms with E-state index in [4.69, 9.17) is 10.5 Å². The SMILES string of the molecule is CS(=O)(=O)NCC1CCCCN1C(=O)C1CCC(CN)O1. The highest BCUT2D eigenvalue weighted by Gasteiger charge is 2.36. The Morgan fingerprint density at radius 1 is 1.33 bits per heavy atom. The number of hydrogen-bond acceptors (Lipinski definition) is 5. The van der Waals surface area contributed by atoms with Crippen LogP contribution >= 0.6 is 0 Å². The Morgan fingerprint density at radius 3 is 2.71 bits per heavy atom. The lowest BCUT2D eigenvalue weighted by molar-refractivity contribution is -0.146. The molecule has 0 aromatic heterocycles. The summed E-state index contributed by atoms with van der Waals surface area (Å²) in [4.78, 5) is 14.4. The molecular formula is C13H25N3O4S. The minimum atomic E-state index is -3.24. The third-order valence-electron chi connectivity index (χ3n) is 4.14. The zero-order valence-corrected chi connectivity index (χ0v) is 13.3. The molecule has 2 rings (SSSR count). The van der Waals surface area contributed by atoms with Gasteiger partial charge in [-0.2, -0.15) is 0 Å². The van der Waals surface area contributed by atoms with Crippen LogP contribution in [0.25, 0.3) is 0 Å². The van der Waals surface area contributed by atoms with Crippen molar-refractivity contribution in [2.24, 2.45) is 5.73 Å². The Kier molecular flexibility index (Phi) is 5.59. The lowest BCUT2D eigenvalue weighted by Gasteiger charge is -2.37. The van der Waals surface area contributed by atoms with Gasteiger partial charge in [0.15, 0.2) is 0 Å². The topological polar surface area (TPSA) is 102 Å². The van der Waals surface area contributed by atoms with Gasteiger partial charge in [-0.15, -0.1) is 0 Å². The first-order valence-electron chi connectivity index (χ1n) is 7.51. The van der Waals surface area contributed by atoms with Crippen LogP contribution in [0.2, 0.25) is 0 Å². The van der Waals surface area contributed by atoms with Gasteiger partial charge in [0.1, 0.15) is 6.10 Å². The number of nitrogens with one attached hydrogen (secondary N) is 1. The second-order valence-corrected chi connectivity index (χ2v) is 7.69. The molecule has 0 bridgehead atoms. The number of amides is 1. The van der Waals surface area contributed by atoms with Crippen LogP contribution < -0.4 is 10.5 Å². The summed E-state index contributed by atoms with van der Waals surface area (Å²) in [6.45, 7) is 1.38. The van der Waals surface area contributed by atoms with Crippen LogP contribution in [-0.2, 0) is 19.6 Å². The van der Waals surface area contributed by atoms with Gasteiger partial charge in [-0.05, 0) is 32.1 Å². The third-order valence-corrected chi connectivity index (χ3v) is 4.83. The minimum Gasteiger partial charge on any atom is -0.364 e. The summed E-state index contributed by atoms with van der Waals surface area (Å²) in [5.41, 5.74) is 5.57. The van der Waals surface area contributed by atoms with E-state index in [0.717, 1.165) is 31.9 Å². The number of nitrogens with two attached hydrogens (primary N) is 1. The molecule has 21 heavy (non-hydrogen) atoms. The first-order chi connectivity index (χ1) is 9.90. The van der Waals surface area contributed by atoms with Crippen LogP contribution in [-0.4, -0.2) is 63.4 Å². The third kappa shape index (κ3) is 4.64. The summed E-state index contributed by atoms with van der Waals surface area (Å²) >= 11 is 0. The number of piperidine rings is 1. The van der Waals surface area contributed by atoms with Crippen molar-refractivity contribution >= 4 is 15.9 Å². The monoisotopic (exact) mass is 319 g/mol. The molecule has 0 aliphatic carbocycles. The standard InChI is InChI=1S/C13H25N3O4S/c1-21(18,19)15-9-10-4-2-3-7-16(10)13(17)12-6-5-11(8-14)20-12/h10-12,15H,2-9,14H2,1H3. The zero-order chi connectivity index (χ0) is 15.5. The molecule has 3 atom stereocenters. The normalized spacial score (nSPS) is 30.6. The first-order valence-corrected chi connectivity index (χ1v) is 9.40. The molecule has 1 amide bonds. The first kappa shape index (κ1) is 16.7. The highest BCUT2D eigenvalue weighted by molar-refractivity contribution is 7.88. The molecule has 3 N–H and O–H groups in total. The van der Waals surface area contributed by atoms with Crippen LogP contribution in [0, 0.1) is 0 Å². The van der Waals surface area contributed by atoms with Crippen LogP contribution in [0.5, 0.6) is 0 Å². The molecule has 0 aromatic carbocycles. The van der Waals surface area contributed by atoms with E-state index in [0.29, 0.717) is 19.5 Å². The number of nitrogens with zero attached hydrogens (tertiary/aromatic N) is 1. The Hall–Kier alpha value is -0.700. The number of sulfonamides is 1. The minimum absolute atomic E-state index is 0.0223. The highest BCUT2D eigenvalue weighted by Crippen LogP contribution is 2.24. The molecule has 2 aliphatic heterocycles. The zero-order valence-electron chi connectivity index (χ0n) is 12.5. The molecule has 2 saturated heterocycles. The average molecular weight is 319 g/mol. The fraction of sp³-hybridized carbons (Fsp3) is 0.923. The molecule has 0 saturated carbocycles. The van der Waals surface area contributed by atoms with Crippen molar-refractivity contribution in [3.05, 3.63) is 0 Å². The molecule has 2 heterocycles. The summed E-state index contributed by atoms with van der Waals surface area (Å²) in [5, 5.41) is 0. The van der Waals surface area contributed by atoms with Gasteiger partial charge in [0.2, 0.25) is 10.0 Å². The fourth-order valence-corrected chi connectivity index (χ4v) is 3.49. The quantitative estimate of drug-likeness (QED) is 0.706. The smallest absolute Gasteiger partial charge is 0.252 e. The second-order valence-electron chi connectivity index (χ2n) is 5.86. The molecular weight excluding hydrogens is 294 g/mol. The molecule has 7 nitrogen and oxygen atoms in total. The van der Waals surface area contributed by atoms with E-state index in [2.05, 4.69) is 4.72 Å². The number of likely N-dealkylation sites (tertiary alicyclic amines) is 1. The van der Waals surface area contributed by atoms with Crippen LogP contribution in [0.15, 0.2) is 0 Å². The lowest BCUT2D eigenvalue weighted by Crippen LogP contribution is -2.52. The lowest BCUT2D eigenvalue weighted by atomic mass is 10.0. The van der Waals surface area contributed by atoms with E-state index < -0.39 is 16.1 Å². The van der Waals surface area contributed by atoms with Gasteiger partial charge >= 0.3 is 0 Å². The Balaban J connectivity index is 1.96. The van der Waals surface area contributed by atoms with E-state index in [9.17, 15) is 13.2 Å². The molecule has 0 spiro atoms. The largest absolute Gasteiger partial charge is 0.364 e. The number of hydrogen-bond donors (Lipinski definition) is 2. The summed E-state index contributed by atoms with van der Waals surface area (Å²) < 4.78 is 30.6. The maximum Gasteiger partial charge on any atom is 0.252 e.